The van der Waals surface area contributed by atoms with E-state index in [9.17, 15) is 0 Å². The summed E-state index contributed by atoms with van der Waals surface area (Å²) in [6.45, 7) is 0. The van der Waals surface area contributed by atoms with E-state index >= 15 is 0 Å². The SMILES string of the molecule is Clc1ccc(C2CC=NN2)cc1.Clc1cccc(C2CC=NN2)c1. The molecule has 0 spiro atoms. The minimum atomic E-state index is 0.309. The molecule has 6 heteroatoms. The van der Waals surface area contributed by atoms with Gasteiger partial charge in [0, 0.05) is 35.3 Å². The van der Waals surface area contributed by atoms with E-state index in [1.54, 1.807) is 0 Å². The Morgan fingerprint density at radius 1 is 0.750 bits per heavy atom. The third-order valence-corrected chi connectivity index (χ3v) is 4.34. The van der Waals surface area contributed by atoms with Crippen molar-refractivity contribution in [1.82, 2.24) is 10.9 Å². The van der Waals surface area contributed by atoms with Crippen molar-refractivity contribution in [3.8, 4) is 0 Å². The number of halogens is 2. The van der Waals surface area contributed by atoms with Crippen molar-refractivity contribution in [3.63, 3.8) is 0 Å². The second-order valence-electron chi connectivity index (χ2n) is 5.56. The lowest BCUT2D eigenvalue weighted by Crippen LogP contribution is -2.08. The summed E-state index contributed by atoms with van der Waals surface area (Å²) in [5.74, 6) is 0. The Morgan fingerprint density at radius 2 is 1.38 bits per heavy atom. The van der Waals surface area contributed by atoms with Gasteiger partial charge in [0.15, 0.2) is 0 Å². The highest BCUT2D eigenvalue weighted by Gasteiger charge is 2.13. The van der Waals surface area contributed by atoms with Crippen LogP contribution in [0.2, 0.25) is 10.0 Å². The fraction of sp³-hybridized carbons (Fsp3) is 0.222. The van der Waals surface area contributed by atoms with Crippen LogP contribution in [0, 0.1) is 0 Å². The van der Waals surface area contributed by atoms with Gasteiger partial charge in [-0.2, -0.15) is 10.2 Å². The summed E-state index contributed by atoms with van der Waals surface area (Å²) in [5.41, 5.74) is 8.46. The summed E-state index contributed by atoms with van der Waals surface area (Å²) >= 11 is 11.6. The van der Waals surface area contributed by atoms with Gasteiger partial charge in [-0.3, -0.25) is 0 Å². The molecule has 4 nitrogen and oxygen atoms in total. The fourth-order valence-electron chi connectivity index (χ4n) is 2.55. The second-order valence-corrected chi connectivity index (χ2v) is 6.44. The maximum absolute atomic E-state index is 5.85. The van der Waals surface area contributed by atoms with Crippen LogP contribution in [0.4, 0.5) is 0 Å². The Morgan fingerprint density at radius 3 is 1.92 bits per heavy atom. The molecule has 0 bridgehead atoms. The van der Waals surface area contributed by atoms with Crippen LogP contribution < -0.4 is 10.9 Å². The van der Waals surface area contributed by atoms with Crippen LogP contribution in [-0.4, -0.2) is 12.4 Å². The summed E-state index contributed by atoms with van der Waals surface area (Å²) in [4.78, 5) is 0. The average molecular weight is 361 g/mol. The Labute approximate surface area is 151 Å². The molecular weight excluding hydrogens is 343 g/mol. The molecule has 124 valence electrons. The van der Waals surface area contributed by atoms with Crippen LogP contribution in [0.25, 0.3) is 0 Å². The molecule has 2 aliphatic rings. The van der Waals surface area contributed by atoms with Gasteiger partial charge in [-0.15, -0.1) is 0 Å². The zero-order valence-corrected chi connectivity index (χ0v) is 14.5. The predicted octanol–water partition coefficient (Wildman–Crippen LogP) is 4.72. The molecule has 2 aromatic carbocycles. The molecule has 2 N–H and O–H groups in total. The Hall–Kier alpha value is -2.04. The average Bonchev–Trinajstić information content (AvgIpc) is 3.30. The standard InChI is InChI=1S/2C9H9ClN2/c10-8-3-1-7(2-4-8)9-5-6-11-12-9;10-8-3-1-2-7(6-8)9-4-5-11-12-9/h1-4,6,9,12H,5H2;1-3,5-6,9,12H,4H2. The van der Waals surface area contributed by atoms with E-state index in [1.807, 2.05) is 54.9 Å². The molecule has 2 atom stereocenters. The van der Waals surface area contributed by atoms with Crippen LogP contribution in [0.5, 0.6) is 0 Å². The summed E-state index contributed by atoms with van der Waals surface area (Å²) in [7, 11) is 0. The molecular formula is C18H18Cl2N4. The summed E-state index contributed by atoms with van der Waals surface area (Å²) in [5, 5.41) is 9.46. The smallest absolute Gasteiger partial charge is 0.0739 e. The maximum atomic E-state index is 5.85. The maximum Gasteiger partial charge on any atom is 0.0739 e. The minimum Gasteiger partial charge on any atom is -0.303 e. The normalized spacial score (nSPS) is 20.9. The van der Waals surface area contributed by atoms with Gasteiger partial charge in [0.1, 0.15) is 0 Å². The van der Waals surface area contributed by atoms with Crippen molar-refractivity contribution in [3.05, 3.63) is 69.7 Å². The van der Waals surface area contributed by atoms with Crippen LogP contribution in [0.15, 0.2) is 58.7 Å². The van der Waals surface area contributed by atoms with Crippen molar-refractivity contribution in [1.29, 1.82) is 0 Å². The first kappa shape index (κ1) is 16.8. The highest BCUT2D eigenvalue weighted by molar-refractivity contribution is 6.30. The van der Waals surface area contributed by atoms with E-state index in [4.69, 9.17) is 23.2 Å². The highest BCUT2D eigenvalue weighted by Crippen LogP contribution is 2.22. The molecule has 0 amide bonds. The van der Waals surface area contributed by atoms with E-state index in [0.29, 0.717) is 12.1 Å². The third-order valence-electron chi connectivity index (χ3n) is 3.85. The van der Waals surface area contributed by atoms with Crippen molar-refractivity contribution in [2.45, 2.75) is 24.9 Å². The lowest BCUT2D eigenvalue weighted by molar-refractivity contribution is 0.620. The van der Waals surface area contributed by atoms with Gasteiger partial charge < -0.3 is 10.9 Å². The van der Waals surface area contributed by atoms with E-state index in [1.165, 1.54) is 11.1 Å². The number of nitrogens with zero attached hydrogens (tertiary/aromatic N) is 2. The van der Waals surface area contributed by atoms with Gasteiger partial charge in [-0.1, -0.05) is 47.5 Å². The first-order valence-corrected chi connectivity index (χ1v) is 8.53. The van der Waals surface area contributed by atoms with Gasteiger partial charge in [-0.05, 0) is 35.4 Å². The van der Waals surface area contributed by atoms with Gasteiger partial charge in [0.25, 0.3) is 0 Å². The van der Waals surface area contributed by atoms with Crippen molar-refractivity contribution in [2.24, 2.45) is 10.2 Å². The Balaban J connectivity index is 0.000000141. The van der Waals surface area contributed by atoms with Gasteiger partial charge in [-0.25, -0.2) is 0 Å². The van der Waals surface area contributed by atoms with E-state index in [-0.39, 0.29) is 0 Å². The van der Waals surface area contributed by atoms with Crippen LogP contribution >= 0.6 is 23.2 Å². The van der Waals surface area contributed by atoms with E-state index < -0.39 is 0 Å². The predicted molar refractivity (Wildman–Crippen MR) is 101 cm³/mol. The molecule has 2 aromatic rings. The molecule has 2 unspecified atom stereocenters. The highest BCUT2D eigenvalue weighted by atomic mass is 35.5. The van der Waals surface area contributed by atoms with Crippen LogP contribution in [0.1, 0.15) is 36.1 Å². The quantitative estimate of drug-likeness (QED) is 0.813. The van der Waals surface area contributed by atoms with Gasteiger partial charge >= 0.3 is 0 Å². The Bertz CT molecular complexity index is 712. The van der Waals surface area contributed by atoms with Crippen LogP contribution in [0.3, 0.4) is 0 Å². The van der Waals surface area contributed by atoms with E-state index in [2.05, 4.69) is 27.1 Å². The van der Waals surface area contributed by atoms with Gasteiger partial charge in [0.05, 0.1) is 12.1 Å². The zero-order valence-electron chi connectivity index (χ0n) is 13.0. The molecule has 0 aromatic heterocycles. The number of rotatable bonds is 2. The third kappa shape index (κ3) is 4.49. The fourth-order valence-corrected chi connectivity index (χ4v) is 2.87. The second kappa shape index (κ2) is 8.18. The molecule has 2 heterocycles. The summed E-state index contributed by atoms with van der Waals surface area (Å²) in [6.07, 6.45) is 5.67. The lowest BCUT2D eigenvalue weighted by atomic mass is 10.1. The topological polar surface area (TPSA) is 48.8 Å². The molecule has 0 saturated heterocycles. The Kier molecular flexibility index (Phi) is 5.72. The van der Waals surface area contributed by atoms with E-state index in [0.717, 1.165) is 22.9 Å². The monoisotopic (exact) mass is 360 g/mol. The number of hydrogen-bond acceptors (Lipinski definition) is 4. The first-order valence-electron chi connectivity index (χ1n) is 7.77. The van der Waals surface area contributed by atoms with Crippen molar-refractivity contribution in [2.75, 3.05) is 0 Å². The minimum absolute atomic E-state index is 0.309. The zero-order chi connectivity index (χ0) is 16.8. The molecule has 0 fully saturated rings. The molecule has 24 heavy (non-hydrogen) atoms. The lowest BCUT2D eigenvalue weighted by Gasteiger charge is -2.09. The molecule has 0 aliphatic carbocycles. The number of hydrazone groups is 2. The van der Waals surface area contributed by atoms with Gasteiger partial charge in [0.2, 0.25) is 0 Å². The number of benzene rings is 2. The summed E-state index contributed by atoms with van der Waals surface area (Å²) in [6, 6.07) is 16.3. The first-order chi connectivity index (χ1) is 11.7. The number of hydrogen-bond donors (Lipinski definition) is 2. The molecule has 0 radical (unpaired) electrons. The van der Waals surface area contributed by atoms with Crippen LogP contribution in [-0.2, 0) is 0 Å². The number of nitrogens with one attached hydrogen (secondary N) is 2. The summed E-state index contributed by atoms with van der Waals surface area (Å²) < 4.78 is 0. The molecule has 2 aliphatic heterocycles. The molecule has 0 saturated carbocycles. The van der Waals surface area contributed by atoms with Crippen molar-refractivity contribution < 1.29 is 0 Å². The molecule has 4 rings (SSSR count). The van der Waals surface area contributed by atoms with Crippen molar-refractivity contribution >= 4 is 35.6 Å². The largest absolute Gasteiger partial charge is 0.303 e.